The summed E-state index contributed by atoms with van der Waals surface area (Å²) in [6.07, 6.45) is 5.89. The van der Waals surface area contributed by atoms with Crippen molar-refractivity contribution in [3.05, 3.63) is 5.82 Å². The minimum Gasteiger partial charge on any atom is -0.351 e. The van der Waals surface area contributed by atoms with Crippen LogP contribution in [-0.4, -0.2) is 26.9 Å². The smallest absolute Gasteiger partial charge is 0.351 e. The van der Waals surface area contributed by atoms with E-state index >= 15 is 0 Å². The van der Waals surface area contributed by atoms with Crippen LogP contribution in [0.15, 0.2) is 0 Å². The third-order valence-corrected chi connectivity index (χ3v) is 4.34. The third-order valence-electron chi connectivity index (χ3n) is 4.18. The van der Waals surface area contributed by atoms with Gasteiger partial charge in [-0.25, -0.2) is 0 Å². The first kappa shape index (κ1) is 18.8. The zero-order valence-electron chi connectivity index (χ0n) is 13.8. The second-order valence-electron chi connectivity index (χ2n) is 6.04. The Morgan fingerprint density at radius 2 is 1.88 bits per heavy atom. The molecule has 2 N–H and O–H groups in total. The van der Waals surface area contributed by atoms with Crippen LogP contribution in [0.3, 0.4) is 0 Å². The molecule has 1 heterocycles. The zero-order valence-corrected chi connectivity index (χ0v) is 14.5. The molecule has 1 aromatic rings. The van der Waals surface area contributed by atoms with Crippen LogP contribution in [0.1, 0.15) is 58.2 Å². The first-order valence-corrected chi connectivity index (χ1v) is 8.57. The number of hydrogen-bond acceptors (Lipinski definition) is 5. The van der Waals surface area contributed by atoms with Gasteiger partial charge in [0.25, 0.3) is 0 Å². The van der Waals surface area contributed by atoms with Crippen molar-refractivity contribution >= 4 is 29.4 Å². The van der Waals surface area contributed by atoms with Crippen molar-refractivity contribution in [3.8, 4) is 0 Å². The van der Waals surface area contributed by atoms with Gasteiger partial charge in [0.05, 0.1) is 0 Å². The van der Waals surface area contributed by atoms with Gasteiger partial charge in [-0.2, -0.15) is 23.7 Å². The van der Waals surface area contributed by atoms with Gasteiger partial charge >= 0.3 is 5.38 Å². The lowest BCUT2D eigenvalue weighted by atomic mass is 9.85. The second-order valence-corrected chi connectivity index (χ2v) is 6.51. The lowest BCUT2D eigenvalue weighted by Gasteiger charge is -2.28. The number of carbonyl (C=O) groups excluding carboxylic acids is 1. The van der Waals surface area contributed by atoms with E-state index in [0.29, 0.717) is 5.92 Å². The number of nitrogens with zero attached hydrogens (tertiary/aromatic N) is 3. The minimum absolute atomic E-state index is 0.00944. The maximum Gasteiger partial charge on any atom is 0.381 e. The number of nitrogens with one attached hydrogen (secondary N) is 2. The molecule has 2 rings (SSSR count). The van der Waals surface area contributed by atoms with E-state index in [1.165, 1.54) is 6.42 Å². The molecule has 0 bridgehead atoms. The SMILES string of the molecule is CCC(=O)Nc1nc(NC(C)C2CCCCC2)nc(C(F)(F)Cl)n1. The number of alkyl halides is 3. The van der Waals surface area contributed by atoms with Gasteiger partial charge in [0, 0.05) is 12.5 Å². The van der Waals surface area contributed by atoms with Crippen LogP contribution in [0.5, 0.6) is 0 Å². The van der Waals surface area contributed by atoms with E-state index in [0.717, 1.165) is 25.7 Å². The highest BCUT2D eigenvalue weighted by atomic mass is 35.5. The second kappa shape index (κ2) is 8.00. The molecular formula is C15H22ClF2N5O. The van der Waals surface area contributed by atoms with Crippen molar-refractivity contribution < 1.29 is 13.6 Å². The number of hydrogen-bond donors (Lipinski definition) is 2. The predicted octanol–water partition coefficient (Wildman–Crippen LogP) is 3.89. The Balaban J connectivity index is 2.20. The molecule has 6 nitrogen and oxygen atoms in total. The summed E-state index contributed by atoms with van der Waals surface area (Å²) in [7, 11) is 0. The van der Waals surface area contributed by atoms with Gasteiger partial charge < -0.3 is 5.32 Å². The normalized spacial score (nSPS) is 17.4. The molecule has 24 heavy (non-hydrogen) atoms. The molecule has 1 amide bonds. The fraction of sp³-hybridized carbons (Fsp3) is 0.733. The van der Waals surface area contributed by atoms with Gasteiger partial charge in [-0.1, -0.05) is 26.2 Å². The van der Waals surface area contributed by atoms with Crippen LogP contribution in [0, 0.1) is 5.92 Å². The number of amides is 1. The molecule has 0 aromatic carbocycles. The summed E-state index contributed by atoms with van der Waals surface area (Å²) in [6.45, 7) is 3.61. The van der Waals surface area contributed by atoms with E-state index in [-0.39, 0.29) is 30.3 Å². The molecule has 1 aliphatic rings. The Morgan fingerprint density at radius 1 is 1.25 bits per heavy atom. The molecule has 0 radical (unpaired) electrons. The lowest BCUT2D eigenvalue weighted by Crippen LogP contribution is -2.29. The maximum atomic E-state index is 13.4. The van der Waals surface area contributed by atoms with Crippen LogP contribution in [0.2, 0.25) is 0 Å². The number of rotatable bonds is 6. The first-order chi connectivity index (χ1) is 11.3. The average Bonchev–Trinajstić information content (AvgIpc) is 2.54. The Morgan fingerprint density at radius 3 is 2.46 bits per heavy atom. The summed E-state index contributed by atoms with van der Waals surface area (Å²) < 4.78 is 26.8. The fourth-order valence-corrected chi connectivity index (χ4v) is 2.88. The Kier molecular flexibility index (Phi) is 6.26. The lowest BCUT2D eigenvalue weighted by molar-refractivity contribution is -0.115. The number of carbonyl (C=O) groups is 1. The number of anilines is 2. The zero-order chi connectivity index (χ0) is 17.7. The molecule has 1 unspecified atom stereocenters. The molecule has 1 fully saturated rings. The quantitative estimate of drug-likeness (QED) is 0.751. The van der Waals surface area contributed by atoms with Gasteiger partial charge in [-0.05, 0) is 37.3 Å². The molecule has 0 saturated heterocycles. The predicted molar refractivity (Wildman–Crippen MR) is 88.2 cm³/mol. The first-order valence-electron chi connectivity index (χ1n) is 8.19. The highest BCUT2D eigenvalue weighted by molar-refractivity contribution is 6.21. The van der Waals surface area contributed by atoms with E-state index < -0.39 is 11.2 Å². The van der Waals surface area contributed by atoms with Crippen LogP contribution in [0.4, 0.5) is 20.7 Å². The van der Waals surface area contributed by atoms with Crippen LogP contribution in [-0.2, 0) is 10.2 Å². The summed E-state index contributed by atoms with van der Waals surface area (Å²) in [6, 6.07) is 0.0271. The highest BCUT2D eigenvalue weighted by Crippen LogP contribution is 2.31. The molecule has 1 atom stereocenters. The fourth-order valence-electron chi connectivity index (χ4n) is 2.79. The van der Waals surface area contributed by atoms with Crippen molar-refractivity contribution in [2.45, 2.75) is 63.8 Å². The number of halogens is 3. The van der Waals surface area contributed by atoms with Crippen molar-refractivity contribution in [1.29, 1.82) is 0 Å². The van der Waals surface area contributed by atoms with Crippen molar-refractivity contribution in [1.82, 2.24) is 15.0 Å². The largest absolute Gasteiger partial charge is 0.381 e. The minimum atomic E-state index is -3.74. The van der Waals surface area contributed by atoms with Crippen LogP contribution >= 0.6 is 11.6 Å². The van der Waals surface area contributed by atoms with Crippen LogP contribution < -0.4 is 10.6 Å². The summed E-state index contributed by atoms with van der Waals surface area (Å²) in [5.74, 6) is -1.07. The molecule has 134 valence electrons. The Hall–Kier alpha value is -1.57. The summed E-state index contributed by atoms with van der Waals surface area (Å²) in [4.78, 5) is 22.7. The Labute approximate surface area is 144 Å². The van der Waals surface area contributed by atoms with Crippen molar-refractivity contribution in [2.24, 2.45) is 5.92 Å². The summed E-state index contributed by atoms with van der Waals surface area (Å²) in [5.41, 5.74) is 0. The van der Waals surface area contributed by atoms with Gasteiger partial charge in [-0.15, -0.1) is 0 Å². The summed E-state index contributed by atoms with van der Waals surface area (Å²) in [5, 5.41) is 1.68. The summed E-state index contributed by atoms with van der Waals surface area (Å²) >= 11 is 5.03. The molecule has 0 spiro atoms. The van der Waals surface area contributed by atoms with E-state index in [2.05, 4.69) is 25.6 Å². The molecule has 1 aliphatic carbocycles. The van der Waals surface area contributed by atoms with E-state index in [9.17, 15) is 13.6 Å². The maximum absolute atomic E-state index is 13.4. The topological polar surface area (TPSA) is 79.8 Å². The highest BCUT2D eigenvalue weighted by Gasteiger charge is 2.33. The van der Waals surface area contributed by atoms with E-state index in [1.807, 2.05) is 6.92 Å². The van der Waals surface area contributed by atoms with Gasteiger partial charge in [0.15, 0.2) is 0 Å². The van der Waals surface area contributed by atoms with Crippen LogP contribution in [0.25, 0.3) is 0 Å². The van der Waals surface area contributed by atoms with Gasteiger partial charge in [-0.3, -0.25) is 10.1 Å². The standard InChI is InChI=1S/C15H22ClF2N5O/c1-3-11(24)20-14-22-12(15(16,17)18)21-13(23-14)19-9(2)10-7-5-4-6-8-10/h9-10H,3-8H2,1-2H3,(H2,19,20,21,22,23,24). The van der Waals surface area contributed by atoms with Gasteiger partial charge in [0.2, 0.25) is 23.6 Å². The third kappa shape index (κ3) is 5.22. The Bertz CT molecular complexity index is 575. The molecule has 0 aliphatic heterocycles. The molecule has 1 saturated carbocycles. The molecular weight excluding hydrogens is 340 g/mol. The monoisotopic (exact) mass is 361 g/mol. The van der Waals surface area contributed by atoms with Gasteiger partial charge in [0.1, 0.15) is 0 Å². The molecule has 9 heteroatoms. The molecule has 1 aromatic heterocycles. The van der Waals surface area contributed by atoms with E-state index in [1.54, 1.807) is 6.92 Å². The van der Waals surface area contributed by atoms with Crippen molar-refractivity contribution in [3.63, 3.8) is 0 Å². The average molecular weight is 362 g/mol. The number of aromatic nitrogens is 3. The van der Waals surface area contributed by atoms with E-state index in [4.69, 9.17) is 11.6 Å². The van der Waals surface area contributed by atoms with Crippen molar-refractivity contribution in [2.75, 3.05) is 10.6 Å².